The van der Waals surface area contributed by atoms with E-state index in [0.717, 1.165) is 10.8 Å². The van der Waals surface area contributed by atoms with Gasteiger partial charge in [0.2, 0.25) is 0 Å². The second-order valence-corrected chi connectivity index (χ2v) is 6.27. The molecular weight excluding hydrogens is 249 g/mol. The summed E-state index contributed by atoms with van der Waals surface area (Å²) in [6, 6.07) is 11.7. The zero-order valence-electron chi connectivity index (χ0n) is 12.2. The summed E-state index contributed by atoms with van der Waals surface area (Å²) in [4.78, 5) is 0. The predicted molar refractivity (Wildman–Crippen MR) is 82.3 cm³/mol. The van der Waals surface area contributed by atoms with Crippen molar-refractivity contribution in [2.24, 2.45) is 5.41 Å². The van der Waals surface area contributed by atoms with Crippen LogP contribution < -0.4 is 5.32 Å². The average Bonchev–Trinajstić information content (AvgIpc) is 2.90. The maximum atomic E-state index is 14.0. The van der Waals surface area contributed by atoms with E-state index in [2.05, 4.69) is 12.2 Å². The van der Waals surface area contributed by atoms with E-state index in [9.17, 15) is 4.39 Å². The van der Waals surface area contributed by atoms with Crippen LogP contribution in [0.5, 0.6) is 0 Å². The molecule has 2 aromatic rings. The Morgan fingerprint density at radius 3 is 2.35 bits per heavy atom. The van der Waals surface area contributed by atoms with Gasteiger partial charge in [-0.2, -0.15) is 0 Å². The molecule has 0 aliphatic heterocycles. The van der Waals surface area contributed by atoms with E-state index in [-0.39, 0.29) is 17.3 Å². The molecule has 1 saturated carbocycles. The topological polar surface area (TPSA) is 12.0 Å². The minimum absolute atomic E-state index is 0.129. The van der Waals surface area contributed by atoms with Gasteiger partial charge in [-0.05, 0) is 42.3 Å². The first-order valence-electron chi connectivity index (χ1n) is 7.50. The minimum atomic E-state index is -0.129. The first-order valence-corrected chi connectivity index (χ1v) is 7.50. The molecule has 1 aliphatic rings. The Morgan fingerprint density at radius 1 is 1.05 bits per heavy atom. The van der Waals surface area contributed by atoms with Gasteiger partial charge in [0.05, 0.1) is 0 Å². The molecule has 20 heavy (non-hydrogen) atoms. The lowest BCUT2D eigenvalue weighted by Gasteiger charge is -2.35. The van der Waals surface area contributed by atoms with Crippen LogP contribution in [0.15, 0.2) is 36.4 Å². The number of benzene rings is 2. The summed E-state index contributed by atoms with van der Waals surface area (Å²) in [7, 11) is 2.02. The highest BCUT2D eigenvalue weighted by Gasteiger charge is 2.37. The molecule has 0 heterocycles. The van der Waals surface area contributed by atoms with Crippen molar-refractivity contribution in [3.05, 3.63) is 47.8 Å². The van der Waals surface area contributed by atoms with Crippen molar-refractivity contribution in [3.8, 4) is 0 Å². The van der Waals surface area contributed by atoms with Crippen LogP contribution >= 0.6 is 0 Å². The smallest absolute Gasteiger partial charge is 0.131 e. The van der Waals surface area contributed by atoms with Crippen molar-refractivity contribution in [3.63, 3.8) is 0 Å². The second-order valence-electron chi connectivity index (χ2n) is 6.27. The number of nitrogens with one attached hydrogen (secondary N) is 1. The van der Waals surface area contributed by atoms with Gasteiger partial charge in [0.1, 0.15) is 5.82 Å². The Balaban J connectivity index is 2.15. The first-order chi connectivity index (χ1) is 9.65. The van der Waals surface area contributed by atoms with Crippen LogP contribution in [0.25, 0.3) is 10.8 Å². The molecule has 2 aromatic carbocycles. The molecule has 0 radical (unpaired) electrons. The van der Waals surface area contributed by atoms with E-state index in [4.69, 9.17) is 0 Å². The normalized spacial score (nSPS) is 19.4. The Hall–Kier alpha value is -1.41. The summed E-state index contributed by atoms with van der Waals surface area (Å²) in [5, 5.41) is 5.26. The van der Waals surface area contributed by atoms with E-state index >= 15 is 0 Å². The summed E-state index contributed by atoms with van der Waals surface area (Å²) in [6.45, 7) is 2.36. The van der Waals surface area contributed by atoms with Gasteiger partial charge in [0.15, 0.2) is 0 Å². The summed E-state index contributed by atoms with van der Waals surface area (Å²) in [5.74, 6) is -0.129. The third-order valence-electron chi connectivity index (χ3n) is 4.95. The maximum absolute atomic E-state index is 14.0. The number of halogens is 1. The van der Waals surface area contributed by atoms with Gasteiger partial charge in [0, 0.05) is 11.4 Å². The van der Waals surface area contributed by atoms with Gasteiger partial charge in [-0.15, -0.1) is 0 Å². The van der Waals surface area contributed by atoms with Crippen molar-refractivity contribution >= 4 is 10.8 Å². The Bertz CT molecular complexity index is 614. The van der Waals surface area contributed by atoms with Crippen molar-refractivity contribution in [1.29, 1.82) is 0 Å². The third-order valence-corrected chi connectivity index (χ3v) is 4.95. The molecule has 0 bridgehead atoms. The van der Waals surface area contributed by atoms with Crippen molar-refractivity contribution in [2.75, 3.05) is 7.05 Å². The molecule has 2 heteroatoms. The van der Waals surface area contributed by atoms with Crippen LogP contribution in [-0.4, -0.2) is 7.05 Å². The van der Waals surface area contributed by atoms with E-state index < -0.39 is 0 Å². The summed E-state index contributed by atoms with van der Waals surface area (Å²) in [5.41, 5.74) is 1.50. The lowest BCUT2D eigenvalue weighted by atomic mass is 9.76. The Kier molecular flexibility index (Phi) is 3.51. The minimum Gasteiger partial charge on any atom is -0.313 e. The van der Waals surface area contributed by atoms with Crippen LogP contribution in [0.1, 0.15) is 44.2 Å². The SMILES string of the molecule is CNC(c1ccc(F)c2ccccc12)C1(C)CCCC1. The van der Waals surface area contributed by atoms with Gasteiger partial charge in [-0.25, -0.2) is 4.39 Å². The molecule has 1 nitrogen and oxygen atoms in total. The zero-order chi connectivity index (χ0) is 14.2. The van der Waals surface area contributed by atoms with Crippen LogP contribution in [-0.2, 0) is 0 Å². The van der Waals surface area contributed by atoms with Crippen LogP contribution in [0.2, 0.25) is 0 Å². The Labute approximate surface area is 120 Å². The van der Waals surface area contributed by atoms with E-state index in [1.54, 1.807) is 6.07 Å². The zero-order valence-corrected chi connectivity index (χ0v) is 12.2. The monoisotopic (exact) mass is 271 g/mol. The molecular formula is C18H22FN. The Morgan fingerprint density at radius 2 is 1.70 bits per heavy atom. The van der Waals surface area contributed by atoms with Crippen molar-refractivity contribution < 1.29 is 4.39 Å². The molecule has 106 valence electrons. The molecule has 0 amide bonds. The van der Waals surface area contributed by atoms with Gasteiger partial charge in [0.25, 0.3) is 0 Å². The molecule has 0 aromatic heterocycles. The quantitative estimate of drug-likeness (QED) is 0.844. The van der Waals surface area contributed by atoms with Crippen LogP contribution in [0, 0.1) is 11.2 Å². The lowest BCUT2D eigenvalue weighted by molar-refractivity contribution is 0.235. The van der Waals surface area contributed by atoms with Crippen LogP contribution in [0.3, 0.4) is 0 Å². The molecule has 0 spiro atoms. The molecule has 3 rings (SSSR count). The van der Waals surface area contributed by atoms with Gasteiger partial charge >= 0.3 is 0 Å². The average molecular weight is 271 g/mol. The van der Waals surface area contributed by atoms with E-state index in [1.165, 1.54) is 31.2 Å². The standard InChI is InChI=1S/C18H22FN/c1-18(11-5-6-12-18)17(20-2)15-9-10-16(19)14-8-4-3-7-13(14)15/h3-4,7-10,17,20H,5-6,11-12H2,1-2H3. The maximum Gasteiger partial charge on any atom is 0.131 e. The largest absolute Gasteiger partial charge is 0.313 e. The molecule has 1 N–H and O–H groups in total. The van der Waals surface area contributed by atoms with Crippen molar-refractivity contribution in [1.82, 2.24) is 5.32 Å². The van der Waals surface area contributed by atoms with Crippen molar-refractivity contribution in [2.45, 2.75) is 38.6 Å². The van der Waals surface area contributed by atoms with Gasteiger partial charge in [-0.3, -0.25) is 0 Å². The number of hydrogen-bond donors (Lipinski definition) is 1. The fourth-order valence-corrected chi connectivity index (χ4v) is 3.89. The lowest BCUT2D eigenvalue weighted by Crippen LogP contribution is -2.32. The predicted octanol–water partition coefficient (Wildman–Crippen LogP) is 4.82. The van der Waals surface area contributed by atoms with Gasteiger partial charge in [-0.1, -0.05) is 50.1 Å². The first kappa shape index (κ1) is 13.6. The van der Waals surface area contributed by atoms with E-state index in [1.807, 2.05) is 37.4 Å². The molecule has 1 fully saturated rings. The fraction of sp³-hybridized carbons (Fsp3) is 0.444. The summed E-state index contributed by atoms with van der Waals surface area (Å²) in [6.07, 6.45) is 5.08. The highest BCUT2D eigenvalue weighted by atomic mass is 19.1. The fourth-order valence-electron chi connectivity index (χ4n) is 3.89. The molecule has 1 unspecified atom stereocenters. The molecule has 1 aliphatic carbocycles. The summed E-state index contributed by atoms with van der Waals surface area (Å²) >= 11 is 0. The number of rotatable bonds is 3. The second kappa shape index (κ2) is 5.17. The number of hydrogen-bond acceptors (Lipinski definition) is 1. The van der Waals surface area contributed by atoms with E-state index in [0.29, 0.717) is 0 Å². The van der Waals surface area contributed by atoms with Crippen LogP contribution in [0.4, 0.5) is 4.39 Å². The highest BCUT2D eigenvalue weighted by Crippen LogP contribution is 2.48. The third kappa shape index (κ3) is 2.12. The summed E-state index contributed by atoms with van der Waals surface area (Å²) < 4.78 is 14.0. The van der Waals surface area contributed by atoms with Gasteiger partial charge < -0.3 is 5.32 Å². The number of fused-ring (bicyclic) bond motifs is 1. The molecule has 0 saturated heterocycles. The highest BCUT2D eigenvalue weighted by molar-refractivity contribution is 5.86. The molecule has 1 atom stereocenters.